The van der Waals surface area contributed by atoms with Gasteiger partial charge in [-0.15, -0.1) is 0 Å². The van der Waals surface area contributed by atoms with Gasteiger partial charge in [-0.1, -0.05) is 18.2 Å². The Morgan fingerprint density at radius 1 is 1.03 bits per heavy atom. The molecule has 4 amide bonds. The van der Waals surface area contributed by atoms with Gasteiger partial charge in [0, 0.05) is 5.56 Å². The number of carbonyl (C=O) groups is 3. The Kier molecular flexibility index (Phi) is 7.20. The van der Waals surface area contributed by atoms with Crippen LogP contribution in [0.4, 0.5) is 10.5 Å². The summed E-state index contributed by atoms with van der Waals surface area (Å²) < 4.78 is 32.9. The second-order valence-electron chi connectivity index (χ2n) is 6.01. The van der Waals surface area contributed by atoms with Gasteiger partial charge >= 0.3 is 6.03 Å². The van der Waals surface area contributed by atoms with Gasteiger partial charge in [-0.2, -0.15) is 0 Å². The maximum Gasteiger partial charge on any atom is 0.312 e. The van der Waals surface area contributed by atoms with Crippen molar-refractivity contribution in [1.29, 1.82) is 0 Å². The van der Waals surface area contributed by atoms with Crippen LogP contribution >= 0.6 is 0 Å². The molecule has 0 saturated heterocycles. The number of rotatable bonds is 7. The molecule has 160 valence electrons. The molecule has 11 nitrogen and oxygen atoms in total. The highest BCUT2D eigenvalue weighted by atomic mass is 32.2. The van der Waals surface area contributed by atoms with Gasteiger partial charge in [-0.25, -0.2) is 13.2 Å². The van der Waals surface area contributed by atoms with Crippen LogP contribution in [-0.4, -0.2) is 39.4 Å². The maximum atomic E-state index is 12.7. The Balaban J connectivity index is 2.12. The van der Waals surface area contributed by atoms with Crippen LogP contribution in [0.25, 0.3) is 0 Å². The Morgan fingerprint density at radius 3 is 2.40 bits per heavy atom. The zero-order chi connectivity index (χ0) is 22.3. The van der Waals surface area contributed by atoms with E-state index >= 15 is 0 Å². The zero-order valence-electron chi connectivity index (χ0n) is 16.1. The zero-order valence-corrected chi connectivity index (χ0v) is 16.9. The van der Waals surface area contributed by atoms with E-state index in [4.69, 9.17) is 10.5 Å². The number of amides is 4. The molecule has 0 bridgehead atoms. The lowest BCUT2D eigenvalue weighted by Gasteiger charge is -2.14. The van der Waals surface area contributed by atoms with E-state index in [-0.39, 0.29) is 16.1 Å². The minimum atomic E-state index is -4.02. The number of carbonyl (C=O) groups excluding carboxylic acids is 3. The number of hydrogen-bond acceptors (Lipinski definition) is 6. The Labute approximate surface area is 173 Å². The maximum absolute atomic E-state index is 12.7. The minimum Gasteiger partial charge on any atom is -0.495 e. The quantitative estimate of drug-likeness (QED) is 0.392. The molecule has 6 N–H and O–H groups in total. The van der Waals surface area contributed by atoms with Gasteiger partial charge in [0.25, 0.3) is 21.8 Å². The number of anilines is 1. The summed E-state index contributed by atoms with van der Waals surface area (Å²) in [5.41, 5.74) is 9.38. The predicted molar refractivity (Wildman–Crippen MR) is 108 cm³/mol. The first-order valence-corrected chi connectivity index (χ1v) is 10.0. The number of benzene rings is 2. The molecule has 30 heavy (non-hydrogen) atoms. The van der Waals surface area contributed by atoms with Crippen LogP contribution in [0, 0.1) is 0 Å². The Bertz CT molecular complexity index is 1060. The number of methoxy groups -OCH3 is 1. The molecule has 0 spiro atoms. The molecule has 0 fully saturated rings. The fourth-order valence-corrected chi connectivity index (χ4v) is 3.43. The van der Waals surface area contributed by atoms with E-state index in [1.54, 1.807) is 18.2 Å². The SMILES string of the molecule is COc1ccccc1NS(=O)(=O)c1cccc(C(=O)NNC(=O)C(C)NC(N)=O)c1. The molecular weight excluding hydrogens is 414 g/mol. The van der Waals surface area contributed by atoms with Crippen molar-refractivity contribution < 1.29 is 27.5 Å². The number of hydrazine groups is 1. The molecule has 2 rings (SSSR count). The highest BCUT2D eigenvalue weighted by molar-refractivity contribution is 7.92. The summed E-state index contributed by atoms with van der Waals surface area (Å²) in [6.45, 7) is 1.36. The van der Waals surface area contributed by atoms with Crippen LogP contribution in [0.2, 0.25) is 0 Å². The second-order valence-corrected chi connectivity index (χ2v) is 7.69. The summed E-state index contributed by atoms with van der Waals surface area (Å²) in [6.07, 6.45) is 0. The Hall–Kier alpha value is -3.80. The van der Waals surface area contributed by atoms with Gasteiger partial charge in [-0.05, 0) is 37.3 Å². The average Bonchev–Trinajstić information content (AvgIpc) is 2.71. The van der Waals surface area contributed by atoms with Gasteiger partial charge in [-0.3, -0.25) is 25.2 Å². The van der Waals surface area contributed by atoms with Gasteiger partial charge in [0.2, 0.25) is 0 Å². The van der Waals surface area contributed by atoms with E-state index in [0.717, 1.165) is 6.07 Å². The van der Waals surface area contributed by atoms with Crippen molar-refractivity contribution in [2.45, 2.75) is 17.9 Å². The third kappa shape index (κ3) is 5.85. The lowest BCUT2D eigenvalue weighted by atomic mass is 10.2. The number of primary amides is 1. The Morgan fingerprint density at radius 2 is 1.73 bits per heavy atom. The molecule has 12 heteroatoms. The molecule has 1 atom stereocenters. The lowest BCUT2D eigenvalue weighted by Crippen LogP contribution is -2.52. The molecule has 0 aliphatic carbocycles. The minimum absolute atomic E-state index is 0.0197. The van der Waals surface area contributed by atoms with Crippen molar-refractivity contribution in [2.24, 2.45) is 5.73 Å². The van der Waals surface area contributed by atoms with Crippen molar-refractivity contribution >= 4 is 33.6 Å². The number of para-hydroxylation sites is 2. The van der Waals surface area contributed by atoms with E-state index in [1.165, 1.54) is 38.3 Å². The molecule has 0 aromatic heterocycles. The number of nitrogens with one attached hydrogen (secondary N) is 4. The first kappa shape index (κ1) is 22.5. The van der Waals surface area contributed by atoms with Crippen molar-refractivity contribution in [3.05, 3.63) is 54.1 Å². The van der Waals surface area contributed by atoms with Crippen molar-refractivity contribution in [3.63, 3.8) is 0 Å². The third-order valence-electron chi connectivity index (χ3n) is 3.81. The van der Waals surface area contributed by atoms with E-state index < -0.39 is 33.9 Å². The summed E-state index contributed by atoms with van der Waals surface area (Å²) in [5.74, 6) is -1.15. The van der Waals surface area contributed by atoms with Crippen LogP contribution in [0.5, 0.6) is 5.75 Å². The molecule has 1 unspecified atom stereocenters. The van der Waals surface area contributed by atoms with Crippen molar-refractivity contribution in [2.75, 3.05) is 11.8 Å². The second kappa shape index (κ2) is 9.60. The van der Waals surface area contributed by atoms with Crippen LogP contribution in [-0.2, 0) is 14.8 Å². The molecular formula is C18H21N5O6S. The molecule has 2 aromatic carbocycles. The van der Waals surface area contributed by atoms with E-state index in [0.29, 0.717) is 5.75 Å². The first-order chi connectivity index (χ1) is 14.1. The number of ether oxygens (including phenoxy) is 1. The molecule has 0 heterocycles. The van der Waals surface area contributed by atoms with E-state index in [1.807, 2.05) is 0 Å². The topological polar surface area (TPSA) is 169 Å². The third-order valence-corrected chi connectivity index (χ3v) is 5.17. The van der Waals surface area contributed by atoms with E-state index in [9.17, 15) is 22.8 Å². The average molecular weight is 435 g/mol. The summed E-state index contributed by atoms with van der Waals surface area (Å²) in [5, 5.41) is 2.15. The summed E-state index contributed by atoms with van der Waals surface area (Å²) >= 11 is 0. The highest BCUT2D eigenvalue weighted by Gasteiger charge is 2.19. The fourth-order valence-electron chi connectivity index (χ4n) is 2.31. The number of nitrogens with two attached hydrogens (primary N) is 1. The standard InChI is InChI=1S/C18H21N5O6S/c1-11(20-18(19)26)16(24)21-22-17(25)12-6-5-7-13(10-12)30(27,28)23-14-8-3-4-9-15(14)29-2/h3-11,23H,1-2H3,(H,21,24)(H,22,25)(H3,19,20,26). The van der Waals surface area contributed by atoms with Crippen LogP contribution in [0.3, 0.4) is 0 Å². The highest BCUT2D eigenvalue weighted by Crippen LogP contribution is 2.26. The fraction of sp³-hybridized carbons (Fsp3) is 0.167. The summed E-state index contributed by atoms with van der Waals surface area (Å²) in [6, 6.07) is 9.78. The van der Waals surface area contributed by atoms with Gasteiger partial charge < -0.3 is 15.8 Å². The van der Waals surface area contributed by atoms with Crippen molar-refractivity contribution in [3.8, 4) is 5.75 Å². The first-order valence-electron chi connectivity index (χ1n) is 8.56. The lowest BCUT2D eigenvalue weighted by molar-refractivity contribution is -0.123. The van der Waals surface area contributed by atoms with Crippen LogP contribution in [0.15, 0.2) is 53.4 Å². The number of urea groups is 1. The molecule has 0 saturated carbocycles. The van der Waals surface area contributed by atoms with Gasteiger partial charge in [0.1, 0.15) is 11.8 Å². The smallest absolute Gasteiger partial charge is 0.312 e. The molecule has 0 aliphatic heterocycles. The predicted octanol–water partition coefficient (Wildman–Crippen LogP) is 0.314. The normalized spacial score (nSPS) is 11.7. The molecule has 0 aliphatic rings. The van der Waals surface area contributed by atoms with Gasteiger partial charge in [0.15, 0.2) is 0 Å². The largest absolute Gasteiger partial charge is 0.495 e. The summed E-state index contributed by atoms with van der Waals surface area (Å²) in [7, 11) is -2.61. The molecule has 2 aromatic rings. The number of sulfonamides is 1. The number of hydrogen-bond donors (Lipinski definition) is 5. The van der Waals surface area contributed by atoms with Crippen LogP contribution < -0.4 is 31.4 Å². The van der Waals surface area contributed by atoms with Crippen LogP contribution in [0.1, 0.15) is 17.3 Å². The molecule has 0 radical (unpaired) electrons. The summed E-state index contributed by atoms with van der Waals surface area (Å²) in [4.78, 5) is 34.6. The van der Waals surface area contributed by atoms with E-state index in [2.05, 4.69) is 20.9 Å². The van der Waals surface area contributed by atoms with Crippen molar-refractivity contribution in [1.82, 2.24) is 16.2 Å². The monoisotopic (exact) mass is 435 g/mol. The van der Waals surface area contributed by atoms with Gasteiger partial charge in [0.05, 0.1) is 17.7 Å².